The zero-order valence-corrected chi connectivity index (χ0v) is 12.0. The van der Waals surface area contributed by atoms with Gasteiger partial charge in [-0.15, -0.1) is 5.92 Å². The summed E-state index contributed by atoms with van der Waals surface area (Å²) in [5.74, 6) is 6.57. The highest BCUT2D eigenvalue weighted by molar-refractivity contribution is 5.46. The van der Waals surface area contributed by atoms with Gasteiger partial charge in [0.25, 0.3) is 0 Å². The van der Waals surface area contributed by atoms with Gasteiger partial charge in [-0.2, -0.15) is 0 Å². The first kappa shape index (κ1) is 14.6. The normalized spacial score (nSPS) is 13.4. The fraction of sp³-hybridized carbons (Fsp3) is 0.500. The average molecular weight is 245 g/mol. The second-order valence-corrected chi connectivity index (χ2v) is 4.61. The molecule has 0 bridgehead atoms. The molecule has 0 aliphatic rings. The molecule has 2 nitrogen and oxygen atoms in total. The van der Waals surface area contributed by atoms with E-state index in [0.29, 0.717) is 0 Å². The molecule has 0 aromatic heterocycles. The first-order valence-corrected chi connectivity index (χ1v) is 6.38. The molecule has 0 N–H and O–H groups in total. The molecule has 0 aliphatic heterocycles. The third-order valence-corrected chi connectivity index (χ3v) is 2.95. The molecule has 0 fully saturated rings. The van der Waals surface area contributed by atoms with Gasteiger partial charge < -0.3 is 9.64 Å². The number of hydrogen-bond acceptors (Lipinski definition) is 2. The zero-order chi connectivity index (χ0) is 13.5. The van der Waals surface area contributed by atoms with Crippen LogP contribution in [0.3, 0.4) is 0 Å². The van der Waals surface area contributed by atoms with Gasteiger partial charge in [-0.05, 0) is 24.6 Å². The van der Waals surface area contributed by atoms with Crippen molar-refractivity contribution in [3.63, 3.8) is 0 Å². The molecule has 1 aromatic carbocycles. The van der Waals surface area contributed by atoms with Crippen molar-refractivity contribution >= 4 is 5.69 Å². The lowest BCUT2D eigenvalue weighted by Crippen LogP contribution is -2.12. The summed E-state index contributed by atoms with van der Waals surface area (Å²) in [6.45, 7) is 4.17. The highest BCUT2D eigenvalue weighted by Gasteiger charge is 2.16. The maximum Gasteiger partial charge on any atom is 0.0955 e. The van der Waals surface area contributed by atoms with Crippen molar-refractivity contribution in [1.82, 2.24) is 0 Å². The first-order chi connectivity index (χ1) is 8.60. The highest BCUT2D eigenvalue weighted by atomic mass is 16.5. The van der Waals surface area contributed by atoms with E-state index in [0.717, 1.165) is 6.42 Å². The van der Waals surface area contributed by atoms with Gasteiger partial charge in [-0.25, -0.2) is 0 Å². The summed E-state index contributed by atoms with van der Waals surface area (Å²) >= 11 is 0. The van der Waals surface area contributed by atoms with Gasteiger partial charge in [0.15, 0.2) is 0 Å². The van der Waals surface area contributed by atoms with Crippen LogP contribution in [0.2, 0.25) is 0 Å². The molecule has 0 saturated heterocycles. The number of anilines is 1. The topological polar surface area (TPSA) is 12.5 Å². The van der Waals surface area contributed by atoms with E-state index in [-0.39, 0.29) is 12.0 Å². The van der Waals surface area contributed by atoms with E-state index in [9.17, 15) is 0 Å². The Morgan fingerprint density at radius 2 is 1.83 bits per heavy atom. The van der Waals surface area contributed by atoms with Crippen LogP contribution < -0.4 is 4.90 Å². The molecule has 2 heteroatoms. The van der Waals surface area contributed by atoms with E-state index >= 15 is 0 Å². The van der Waals surface area contributed by atoms with Gasteiger partial charge >= 0.3 is 0 Å². The first-order valence-electron chi connectivity index (χ1n) is 6.38. The Labute approximate surface area is 111 Å². The minimum Gasteiger partial charge on any atom is -0.378 e. The molecule has 2 atom stereocenters. The lowest BCUT2D eigenvalue weighted by molar-refractivity contribution is 0.0771. The van der Waals surface area contributed by atoms with Crippen molar-refractivity contribution in [1.29, 1.82) is 0 Å². The minimum absolute atomic E-state index is 0.0419. The molecule has 0 amide bonds. The Morgan fingerprint density at radius 3 is 2.28 bits per heavy atom. The summed E-state index contributed by atoms with van der Waals surface area (Å²) in [7, 11) is 5.82. The lowest BCUT2D eigenvalue weighted by Gasteiger charge is -2.20. The fourth-order valence-electron chi connectivity index (χ4n) is 1.93. The molecule has 2 unspecified atom stereocenters. The van der Waals surface area contributed by atoms with E-state index in [2.05, 4.69) is 54.9 Å². The Bertz CT molecular complexity index is 411. The molecule has 1 rings (SSSR count). The smallest absolute Gasteiger partial charge is 0.0955 e. The molecule has 0 spiro atoms. The zero-order valence-electron chi connectivity index (χ0n) is 12.0. The largest absolute Gasteiger partial charge is 0.378 e. The third-order valence-electron chi connectivity index (χ3n) is 2.95. The summed E-state index contributed by atoms with van der Waals surface area (Å²) in [5.41, 5.74) is 2.38. The van der Waals surface area contributed by atoms with Crippen molar-refractivity contribution in [2.45, 2.75) is 26.4 Å². The monoisotopic (exact) mass is 245 g/mol. The number of benzene rings is 1. The van der Waals surface area contributed by atoms with Gasteiger partial charge in [-0.1, -0.05) is 25.0 Å². The maximum absolute atomic E-state index is 5.58. The van der Waals surface area contributed by atoms with Gasteiger partial charge in [-0.3, -0.25) is 0 Å². The van der Waals surface area contributed by atoms with Crippen LogP contribution in [0, 0.1) is 17.8 Å². The number of methoxy groups -OCH3 is 1. The number of rotatable bonds is 4. The predicted octanol–water partition coefficient (Wildman–Crippen LogP) is 3.49. The third kappa shape index (κ3) is 3.78. The van der Waals surface area contributed by atoms with Crippen molar-refractivity contribution in [3.05, 3.63) is 29.8 Å². The van der Waals surface area contributed by atoms with Crippen LogP contribution in [-0.2, 0) is 4.74 Å². The van der Waals surface area contributed by atoms with Crippen molar-refractivity contribution in [3.8, 4) is 11.8 Å². The van der Waals surface area contributed by atoms with Crippen LogP contribution in [0.5, 0.6) is 0 Å². The lowest BCUT2D eigenvalue weighted by atomic mass is 9.97. The second kappa shape index (κ2) is 7.08. The molecule has 18 heavy (non-hydrogen) atoms. The summed E-state index contributed by atoms with van der Waals surface area (Å²) in [5, 5.41) is 0. The maximum atomic E-state index is 5.58. The molecule has 0 heterocycles. The van der Waals surface area contributed by atoms with Crippen LogP contribution >= 0.6 is 0 Å². The van der Waals surface area contributed by atoms with Crippen molar-refractivity contribution in [2.75, 3.05) is 26.1 Å². The van der Waals surface area contributed by atoms with Crippen LogP contribution in [0.15, 0.2) is 24.3 Å². The molecular formula is C16H23NO. The Hall–Kier alpha value is -1.46. The van der Waals surface area contributed by atoms with E-state index < -0.39 is 0 Å². The number of ether oxygens (including phenoxy) is 1. The molecule has 0 saturated carbocycles. The standard InChI is InChI=1S/C16H23NO/c1-6-7-8-13(2)16(18-5)14-9-11-15(12-10-14)17(3)4/h9-13,16H,6H2,1-5H3. The van der Waals surface area contributed by atoms with Crippen LogP contribution in [0.4, 0.5) is 5.69 Å². The molecule has 0 aliphatic carbocycles. The van der Waals surface area contributed by atoms with Crippen LogP contribution in [0.25, 0.3) is 0 Å². The Morgan fingerprint density at radius 1 is 1.22 bits per heavy atom. The number of hydrogen-bond donors (Lipinski definition) is 0. The Kier molecular flexibility index (Phi) is 5.74. The second-order valence-electron chi connectivity index (χ2n) is 4.61. The van der Waals surface area contributed by atoms with E-state index in [4.69, 9.17) is 4.74 Å². The summed E-state index contributed by atoms with van der Waals surface area (Å²) in [6.07, 6.45) is 0.931. The van der Waals surface area contributed by atoms with Gasteiger partial charge in [0, 0.05) is 39.2 Å². The molecular weight excluding hydrogens is 222 g/mol. The Balaban J connectivity index is 2.88. The minimum atomic E-state index is 0.0419. The fourth-order valence-corrected chi connectivity index (χ4v) is 1.93. The quantitative estimate of drug-likeness (QED) is 0.753. The summed E-state index contributed by atoms with van der Waals surface area (Å²) < 4.78 is 5.58. The average Bonchev–Trinajstić information content (AvgIpc) is 2.37. The SMILES string of the molecule is CCC#CC(C)C(OC)c1ccc(N(C)C)cc1. The molecule has 1 aromatic rings. The number of nitrogens with zero attached hydrogens (tertiary/aromatic N) is 1. The van der Waals surface area contributed by atoms with E-state index in [1.165, 1.54) is 11.3 Å². The van der Waals surface area contributed by atoms with E-state index in [1.807, 2.05) is 14.1 Å². The van der Waals surface area contributed by atoms with Crippen molar-refractivity contribution in [2.24, 2.45) is 5.92 Å². The summed E-state index contributed by atoms with van der Waals surface area (Å²) in [4.78, 5) is 2.09. The van der Waals surface area contributed by atoms with Crippen molar-refractivity contribution < 1.29 is 4.74 Å². The summed E-state index contributed by atoms with van der Waals surface area (Å²) in [6, 6.07) is 8.46. The molecule has 98 valence electrons. The van der Waals surface area contributed by atoms with Gasteiger partial charge in [0.05, 0.1) is 6.10 Å². The highest BCUT2D eigenvalue weighted by Crippen LogP contribution is 2.26. The van der Waals surface area contributed by atoms with Gasteiger partial charge in [0.1, 0.15) is 0 Å². The van der Waals surface area contributed by atoms with Crippen LogP contribution in [-0.4, -0.2) is 21.2 Å². The van der Waals surface area contributed by atoms with Gasteiger partial charge in [0.2, 0.25) is 0 Å². The predicted molar refractivity (Wildman–Crippen MR) is 77.8 cm³/mol. The van der Waals surface area contributed by atoms with Crippen LogP contribution in [0.1, 0.15) is 31.9 Å². The van der Waals surface area contributed by atoms with E-state index in [1.54, 1.807) is 7.11 Å². The molecule has 0 radical (unpaired) electrons.